The van der Waals surface area contributed by atoms with Crippen LogP contribution in [0, 0.1) is 11.9 Å². The van der Waals surface area contributed by atoms with Gasteiger partial charge in [-0.15, -0.1) is 0 Å². The van der Waals surface area contributed by atoms with Gasteiger partial charge in [0.05, 0.1) is 0 Å². The van der Waals surface area contributed by atoms with Crippen LogP contribution in [0.1, 0.15) is 36.2 Å². The summed E-state index contributed by atoms with van der Waals surface area (Å²) in [6.45, 7) is 9.53. The Morgan fingerprint density at radius 1 is 1.00 bits per heavy atom. The smallest absolute Gasteiger partial charge is 0.251 e. The molecular weight excluding hydrogens is 503 g/mol. The Morgan fingerprint density at radius 2 is 1.64 bits per heavy atom. The van der Waals surface area contributed by atoms with Crippen molar-refractivity contribution in [2.24, 2.45) is 5.92 Å². The number of nitrogens with two attached hydrogens (primary N) is 1. The second-order valence-corrected chi connectivity index (χ2v) is 10.5. The van der Waals surface area contributed by atoms with Gasteiger partial charge in [0, 0.05) is 67.4 Å². The quantitative estimate of drug-likeness (QED) is 0.446. The highest BCUT2D eigenvalue weighted by molar-refractivity contribution is 5.97. The lowest BCUT2D eigenvalue weighted by atomic mass is 9.94. The van der Waals surface area contributed by atoms with E-state index in [1.165, 1.54) is 0 Å². The van der Waals surface area contributed by atoms with Gasteiger partial charge in [-0.3, -0.25) is 4.79 Å². The monoisotopic (exact) mass is 537 g/mol. The van der Waals surface area contributed by atoms with Crippen molar-refractivity contribution in [2.45, 2.75) is 32.6 Å². The van der Waals surface area contributed by atoms with Gasteiger partial charge in [-0.2, -0.15) is 4.39 Å². The van der Waals surface area contributed by atoms with Gasteiger partial charge in [-0.05, 0) is 53.9 Å². The van der Waals surface area contributed by atoms with Gasteiger partial charge in [0.2, 0.25) is 5.95 Å². The Labute approximate surface area is 227 Å². The van der Waals surface area contributed by atoms with Crippen LogP contribution in [0.25, 0.3) is 22.3 Å². The summed E-state index contributed by atoms with van der Waals surface area (Å²) in [6.07, 6.45) is 0.858. The molecule has 0 radical (unpaired) electrons. The molecule has 1 saturated carbocycles. The topological polar surface area (TPSA) is 74.5 Å². The molecule has 3 heterocycles. The number of hydrogen-bond donors (Lipinski definition) is 2. The number of rotatable bonds is 4. The Bertz CT molecular complexity index is 1350. The number of piperazine rings is 1. The molecule has 3 aliphatic rings. The molecule has 1 saturated heterocycles. The van der Waals surface area contributed by atoms with Gasteiger partial charge in [0.15, 0.2) is 0 Å². The number of hydrogen-bond acceptors (Lipinski definition) is 5. The van der Waals surface area contributed by atoms with Crippen LogP contribution in [0.3, 0.4) is 0 Å². The largest absolute Gasteiger partial charge is 0.383 e. The third kappa shape index (κ3) is 5.88. The Balaban J connectivity index is 0.000000455. The average Bonchev–Trinajstić information content (AvgIpc) is 3.51. The molecule has 3 N–H and O–H groups in total. The number of carbonyl (C=O) groups excluding carboxylic acids is 1. The molecule has 2 aliphatic heterocycles. The van der Waals surface area contributed by atoms with Crippen LogP contribution < -0.4 is 16.0 Å². The molecule has 1 aliphatic carbocycles. The lowest BCUT2D eigenvalue weighted by Gasteiger charge is -2.35. The summed E-state index contributed by atoms with van der Waals surface area (Å²) in [5, 5.41) is 2.85. The average molecular weight is 538 g/mol. The van der Waals surface area contributed by atoms with Crippen LogP contribution in [0.4, 0.5) is 24.7 Å². The highest BCUT2D eigenvalue weighted by atomic mass is 19.3. The molecule has 6 rings (SSSR count). The SMILES string of the molecule is CC1CC1(F)F.CCN1CCN(c2ccc(-c3cc(-c4ccc5c(c4)CCNC5=O)c(N)nc3F)cc2)CC1. The zero-order chi connectivity index (χ0) is 27.7. The summed E-state index contributed by atoms with van der Waals surface area (Å²) in [5.41, 5.74) is 11.6. The first kappa shape index (κ1) is 27.0. The number of nitrogens with one attached hydrogen (secondary N) is 1. The van der Waals surface area contributed by atoms with Gasteiger partial charge in [0.1, 0.15) is 5.82 Å². The zero-order valence-electron chi connectivity index (χ0n) is 22.3. The van der Waals surface area contributed by atoms with E-state index in [0.29, 0.717) is 23.2 Å². The minimum atomic E-state index is -2.29. The fraction of sp³-hybridized carbons (Fsp3) is 0.400. The molecular formula is C30H34F3N5O. The van der Waals surface area contributed by atoms with Gasteiger partial charge < -0.3 is 20.9 Å². The predicted molar refractivity (Wildman–Crippen MR) is 149 cm³/mol. The van der Waals surface area contributed by atoms with Crippen LogP contribution in [0.2, 0.25) is 0 Å². The van der Waals surface area contributed by atoms with Crippen LogP contribution in [0.5, 0.6) is 0 Å². The van der Waals surface area contributed by atoms with E-state index < -0.39 is 11.9 Å². The number of alkyl halides is 2. The number of likely N-dealkylation sites (N-methyl/N-ethyl adjacent to an activating group) is 1. The number of amides is 1. The van der Waals surface area contributed by atoms with Gasteiger partial charge >= 0.3 is 0 Å². The standard InChI is InChI=1S/C26H28FN5O.C4H6F2/c1-2-31-11-13-32(14-12-31)20-6-3-17(4-7-20)22-16-23(25(28)30-24(22)27)18-5-8-21-19(15-18)9-10-29-26(21)33;1-3-2-4(3,5)6/h3-8,15-16H,2,9-14H2,1H3,(H2,28,30)(H,29,33);3H,2H2,1H3. The molecule has 39 heavy (non-hydrogen) atoms. The molecule has 1 amide bonds. The Kier molecular flexibility index (Phi) is 7.53. The molecule has 6 nitrogen and oxygen atoms in total. The van der Waals surface area contributed by atoms with Crippen LogP contribution in [-0.2, 0) is 6.42 Å². The van der Waals surface area contributed by atoms with Crippen molar-refractivity contribution >= 4 is 17.4 Å². The summed E-state index contributed by atoms with van der Waals surface area (Å²) < 4.78 is 37.9. The van der Waals surface area contributed by atoms with E-state index in [9.17, 15) is 18.0 Å². The maximum Gasteiger partial charge on any atom is 0.251 e. The summed E-state index contributed by atoms with van der Waals surface area (Å²) in [7, 11) is 0. The Hall–Kier alpha value is -3.59. The number of halogens is 3. The summed E-state index contributed by atoms with van der Waals surface area (Å²) >= 11 is 0. The van der Waals surface area contributed by atoms with E-state index in [0.717, 1.165) is 61.5 Å². The molecule has 9 heteroatoms. The number of carbonyl (C=O) groups is 1. The third-order valence-corrected chi connectivity index (χ3v) is 7.85. The van der Waals surface area contributed by atoms with E-state index >= 15 is 0 Å². The lowest BCUT2D eigenvalue weighted by Crippen LogP contribution is -2.46. The number of pyridine rings is 1. The molecule has 2 aromatic carbocycles. The summed E-state index contributed by atoms with van der Waals surface area (Å²) in [4.78, 5) is 20.9. The van der Waals surface area contributed by atoms with Crippen molar-refractivity contribution in [3.05, 3.63) is 65.6 Å². The molecule has 206 valence electrons. The second-order valence-electron chi connectivity index (χ2n) is 10.5. The number of fused-ring (bicyclic) bond motifs is 1. The van der Waals surface area contributed by atoms with Crippen LogP contribution in [0.15, 0.2) is 48.5 Å². The fourth-order valence-corrected chi connectivity index (χ4v) is 5.06. The highest BCUT2D eigenvalue weighted by Crippen LogP contribution is 2.47. The van der Waals surface area contributed by atoms with E-state index in [-0.39, 0.29) is 24.1 Å². The maximum atomic E-state index is 14.8. The molecule has 1 atom stereocenters. The molecule has 2 fully saturated rings. The number of anilines is 2. The lowest BCUT2D eigenvalue weighted by molar-refractivity contribution is 0.0945. The number of nitrogen functional groups attached to an aromatic ring is 1. The third-order valence-electron chi connectivity index (χ3n) is 7.85. The first-order valence-corrected chi connectivity index (χ1v) is 13.5. The maximum absolute atomic E-state index is 14.8. The fourth-order valence-electron chi connectivity index (χ4n) is 5.06. The van der Waals surface area contributed by atoms with Gasteiger partial charge in [0.25, 0.3) is 11.8 Å². The molecule has 3 aromatic rings. The van der Waals surface area contributed by atoms with Crippen LogP contribution in [-0.4, -0.2) is 61.0 Å². The number of aromatic nitrogens is 1. The summed E-state index contributed by atoms with van der Waals surface area (Å²) in [5.74, 6) is -3.14. The van der Waals surface area contributed by atoms with Gasteiger partial charge in [-0.25, -0.2) is 13.8 Å². The molecule has 0 bridgehead atoms. The summed E-state index contributed by atoms with van der Waals surface area (Å²) in [6, 6.07) is 15.3. The van der Waals surface area contributed by atoms with Crippen molar-refractivity contribution < 1.29 is 18.0 Å². The van der Waals surface area contributed by atoms with Crippen molar-refractivity contribution in [1.29, 1.82) is 0 Å². The number of benzene rings is 2. The normalized spacial score (nSPS) is 20.0. The van der Waals surface area contributed by atoms with E-state index in [2.05, 4.69) is 27.0 Å². The van der Waals surface area contributed by atoms with Crippen LogP contribution >= 0.6 is 0 Å². The number of nitrogens with zero attached hydrogens (tertiary/aromatic N) is 3. The van der Waals surface area contributed by atoms with E-state index in [4.69, 9.17) is 5.73 Å². The van der Waals surface area contributed by atoms with Crippen molar-refractivity contribution in [1.82, 2.24) is 15.2 Å². The minimum Gasteiger partial charge on any atom is -0.383 e. The molecule has 1 unspecified atom stereocenters. The first-order chi connectivity index (χ1) is 18.7. The van der Waals surface area contributed by atoms with Gasteiger partial charge in [-0.1, -0.05) is 38.1 Å². The van der Waals surface area contributed by atoms with E-state index in [1.54, 1.807) is 19.1 Å². The minimum absolute atomic E-state index is 0.0649. The zero-order valence-corrected chi connectivity index (χ0v) is 22.3. The second kappa shape index (κ2) is 10.9. The van der Waals surface area contributed by atoms with Crippen molar-refractivity contribution in [3.63, 3.8) is 0 Å². The van der Waals surface area contributed by atoms with Crippen molar-refractivity contribution in [3.8, 4) is 22.3 Å². The Morgan fingerprint density at radius 3 is 2.26 bits per heavy atom. The first-order valence-electron chi connectivity index (χ1n) is 13.5. The predicted octanol–water partition coefficient (Wildman–Crippen LogP) is 5.23. The molecule has 0 spiro atoms. The molecule has 1 aromatic heterocycles. The van der Waals surface area contributed by atoms with Crippen molar-refractivity contribution in [2.75, 3.05) is 49.9 Å². The highest BCUT2D eigenvalue weighted by Gasteiger charge is 2.53. The van der Waals surface area contributed by atoms with E-state index in [1.807, 2.05) is 36.4 Å².